The molecule has 136 valence electrons. The van der Waals surface area contributed by atoms with Gasteiger partial charge in [0.05, 0.1) is 26.4 Å². The lowest BCUT2D eigenvalue weighted by atomic mass is 10.3. The zero-order valence-corrected chi connectivity index (χ0v) is 13.8. The van der Waals surface area contributed by atoms with Gasteiger partial charge in [0, 0.05) is 39.1 Å². The van der Waals surface area contributed by atoms with Crippen LogP contribution in [-0.2, 0) is 23.9 Å². The largest absolute Gasteiger partial charge is 0.379 e. The number of aliphatic hydroxyl groups is 1. The Morgan fingerprint density at radius 1 is 1.17 bits per heavy atom. The maximum absolute atomic E-state index is 11.6. The summed E-state index contributed by atoms with van der Waals surface area (Å²) in [6.07, 6.45) is 2.15. The summed E-state index contributed by atoms with van der Waals surface area (Å²) in [6, 6.07) is 0. The molecule has 0 radical (unpaired) electrons. The van der Waals surface area contributed by atoms with Crippen molar-refractivity contribution in [3.8, 4) is 0 Å². The molecule has 24 heavy (non-hydrogen) atoms. The van der Waals surface area contributed by atoms with Gasteiger partial charge in [0.2, 0.25) is 17.7 Å². The smallest absolute Gasteiger partial charge is 0.248 e. The number of nitrogens with zero attached hydrogens (tertiary/aromatic N) is 1. The summed E-state index contributed by atoms with van der Waals surface area (Å²) in [7, 11) is 1.57. The number of ether oxygens (including phenoxy) is 2. The van der Waals surface area contributed by atoms with Gasteiger partial charge >= 0.3 is 0 Å². The zero-order valence-electron chi connectivity index (χ0n) is 13.8. The molecule has 0 aromatic carbocycles. The van der Waals surface area contributed by atoms with Crippen LogP contribution >= 0.6 is 0 Å². The molecule has 0 aliphatic carbocycles. The Kier molecular flexibility index (Phi) is 9.66. The lowest BCUT2D eigenvalue weighted by Gasteiger charge is -2.19. The first-order valence-electron chi connectivity index (χ1n) is 7.84. The summed E-state index contributed by atoms with van der Waals surface area (Å²) < 4.78 is 10.5. The van der Waals surface area contributed by atoms with Gasteiger partial charge in [-0.1, -0.05) is 0 Å². The molecule has 0 bridgehead atoms. The molecule has 0 spiro atoms. The summed E-state index contributed by atoms with van der Waals surface area (Å²) in [5, 5.41) is 14.6. The van der Waals surface area contributed by atoms with Crippen molar-refractivity contribution in [2.75, 3.05) is 46.6 Å². The fourth-order valence-corrected chi connectivity index (χ4v) is 1.93. The number of amides is 3. The molecule has 1 atom stereocenters. The van der Waals surface area contributed by atoms with Gasteiger partial charge in [-0.15, -0.1) is 0 Å². The molecule has 1 aliphatic heterocycles. The number of hydrogen-bond acceptors (Lipinski definition) is 6. The van der Waals surface area contributed by atoms with Crippen molar-refractivity contribution in [2.45, 2.75) is 19.1 Å². The summed E-state index contributed by atoms with van der Waals surface area (Å²) in [6.45, 7) is 1.97. The zero-order chi connectivity index (χ0) is 17.8. The Bertz CT molecular complexity index is 454. The third kappa shape index (κ3) is 8.04. The standard InChI is InChI=1S/C15H25N3O6/c1-16-12(19)5-8-23-10-11-24-9-6-17-13(20)4-7-18-14(21)2-3-15(18)22/h2-3,14,21H,4-11H2,1H3,(H,16,19)(H,17,20). The van der Waals surface area contributed by atoms with Crippen LogP contribution < -0.4 is 10.6 Å². The molecule has 0 saturated carbocycles. The van der Waals surface area contributed by atoms with Crippen LogP contribution in [0.3, 0.4) is 0 Å². The van der Waals surface area contributed by atoms with Crippen LogP contribution in [0.15, 0.2) is 12.2 Å². The van der Waals surface area contributed by atoms with Crippen LogP contribution in [-0.4, -0.2) is 80.5 Å². The molecular formula is C15H25N3O6. The average Bonchev–Trinajstić information content (AvgIpc) is 2.89. The molecule has 1 heterocycles. The van der Waals surface area contributed by atoms with Gasteiger partial charge in [-0.25, -0.2) is 0 Å². The van der Waals surface area contributed by atoms with Crippen molar-refractivity contribution in [3.05, 3.63) is 12.2 Å². The van der Waals surface area contributed by atoms with Crippen LogP contribution in [0.1, 0.15) is 12.8 Å². The highest BCUT2D eigenvalue weighted by molar-refractivity contribution is 5.90. The van der Waals surface area contributed by atoms with Crippen molar-refractivity contribution >= 4 is 17.7 Å². The second-order valence-corrected chi connectivity index (χ2v) is 5.05. The number of carbonyl (C=O) groups excluding carboxylic acids is 3. The van der Waals surface area contributed by atoms with E-state index in [2.05, 4.69) is 10.6 Å². The van der Waals surface area contributed by atoms with Crippen LogP contribution in [0.25, 0.3) is 0 Å². The number of carbonyl (C=O) groups is 3. The van der Waals surface area contributed by atoms with E-state index in [1.807, 2.05) is 0 Å². The Morgan fingerprint density at radius 3 is 2.50 bits per heavy atom. The molecule has 0 aromatic rings. The maximum Gasteiger partial charge on any atom is 0.248 e. The third-order valence-corrected chi connectivity index (χ3v) is 3.29. The van der Waals surface area contributed by atoms with E-state index in [-0.39, 0.29) is 30.7 Å². The molecule has 9 heteroatoms. The van der Waals surface area contributed by atoms with E-state index in [9.17, 15) is 19.5 Å². The average molecular weight is 343 g/mol. The molecular weight excluding hydrogens is 318 g/mol. The second kappa shape index (κ2) is 11.5. The lowest BCUT2D eigenvalue weighted by molar-refractivity contribution is -0.132. The quantitative estimate of drug-likeness (QED) is 0.367. The minimum Gasteiger partial charge on any atom is -0.379 e. The summed E-state index contributed by atoms with van der Waals surface area (Å²) >= 11 is 0. The fraction of sp³-hybridized carbons (Fsp3) is 0.667. The van der Waals surface area contributed by atoms with Crippen LogP contribution in [0.2, 0.25) is 0 Å². The van der Waals surface area contributed by atoms with Gasteiger partial charge in [-0.05, 0) is 6.08 Å². The number of hydrogen-bond donors (Lipinski definition) is 3. The predicted molar refractivity (Wildman–Crippen MR) is 84.8 cm³/mol. The molecule has 0 saturated heterocycles. The number of nitrogens with one attached hydrogen (secondary N) is 2. The van der Waals surface area contributed by atoms with Crippen LogP contribution in [0.5, 0.6) is 0 Å². The maximum atomic E-state index is 11.6. The van der Waals surface area contributed by atoms with Crippen molar-refractivity contribution in [3.63, 3.8) is 0 Å². The minimum absolute atomic E-state index is 0.0717. The molecule has 3 N–H and O–H groups in total. The van der Waals surface area contributed by atoms with Crippen molar-refractivity contribution < 1.29 is 29.0 Å². The van der Waals surface area contributed by atoms with E-state index in [1.165, 1.54) is 17.1 Å². The lowest BCUT2D eigenvalue weighted by Crippen LogP contribution is -2.37. The Hall–Kier alpha value is -1.97. The highest BCUT2D eigenvalue weighted by Gasteiger charge is 2.23. The molecule has 1 unspecified atom stereocenters. The molecule has 0 aromatic heterocycles. The Labute approximate surface area is 141 Å². The van der Waals surface area contributed by atoms with Crippen molar-refractivity contribution in [1.82, 2.24) is 15.5 Å². The van der Waals surface area contributed by atoms with Gasteiger partial charge in [0.25, 0.3) is 0 Å². The normalized spacial score (nSPS) is 16.5. The van der Waals surface area contributed by atoms with Crippen LogP contribution in [0.4, 0.5) is 0 Å². The Balaban J connectivity index is 1.91. The van der Waals surface area contributed by atoms with Crippen molar-refractivity contribution in [2.24, 2.45) is 0 Å². The molecule has 0 fully saturated rings. The molecule has 1 aliphatic rings. The first-order valence-corrected chi connectivity index (χ1v) is 7.84. The molecule has 1 rings (SSSR count). The van der Waals surface area contributed by atoms with E-state index in [1.54, 1.807) is 7.05 Å². The minimum atomic E-state index is -0.947. The van der Waals surface area contributed by atoms with E-state index < -0.39 is 6.23 Å². The van der Waals surface area contributed by atoms with E-state index in [0.717, 1.165) is 0 Å². The first kappa shape index (κ1) is 20.1. The van der Waals surface area contributed by atoms with E-state index in [4.69, 9.17) is 9.47 Å². The number of aliphatic hydroxyl groups excluding tert-OH is 1. The Morgan fingerprint density at radius 2 is 1.88 bits per heavy atom. The van der Waals surface area contributed by atoms with Gasteiger partial charge in [0.15, 0.2) is 0 Å². The van der Waals surface area contributed by atoms with E-state index >= 15 is 0 Å². The van der Waals surface area contributed by atoms with Gasteiger partial charge in [-0.2, -0.15) is 0 Å². The second-order valence-electron chi connectivity index (χ2n) is 5.05. The van der Waals surface area contributed by atoms with Crippen LogP contribution in [0, 0.1) is 0 Å². The highest BCUT2D eigenvalue weighted by Crippen LogP contribution is 2.08. The number of rotatable bonds is 12. The summed E-state index contributed by atoms with van der Waals surface area (Å²) in [4.78, 5) is 35.1. The van der Waals surface area contributed by atoms with Gasteiger partial charge < -0.3 is 30.1 Å². The topological polar surface area (TPSA) is 117 Å². The highest BCUT2D eigenvalue weighted by atomic mass is 16.5. The van der Waals surface area contributed by atoms with Gasteiger partial charge in [0.1, 0.15) is 6.23 Å². The summed E-state index contributed by atoms with van der Waals surface area (Å²) in [5.74, 6) is -0.583. The molecule has 9 nitrogen and oxygen atoms in total. The van der Waals surface area contributed by atoms with Crippen molar-refractivity contribution in [1.29, 1.82) is 0 Å². The van der Waals surface area contributed by atoms with E-state index in [0.29, 0.717) is 39.4 Å². The van der Waals surface area contributed by atoms with Gasteiger partial charge in [-0.3, -0.25) is 14.4 Å². The predicted octanol–water partition coefficient (Wildman–Crippen LogP) is -1.62. The molecule has 3 amide bonds. The monoisotopic (exact) mass is 343 g/mol. The third-order valence-electron chi connectivity index (χ3n) is 3.29. The fourth-order valence-electron chi connectivity index (χ4n) is 1.93. The summed E-state index contributed by atoms with van der Waals surface area (Å²) in [5.41, 5.74) is 0. The SMILES string of the molecule is CNC(=O)CCOCCOCCNC(=O)CCN1C(=O)C=CC1O. The first-order chi connectivity index (χ1) is 11.5.